The molecule has 0 aliphatic heterocycles. The molecule has 0 atom stereocenters. The second-order valence-electron chi connectivity index (χ2n) is 2.65. The third-order valence-electron chi connectivity index (χ3n) is 1.75. The lowest BCUT2D eigenvalue weighted by molar-refractivity contribution is 0.511. The lowest BCUT2D eigenvalue weighted by Crippen LogP contribution is -2.09. The standard InChI is InChI=1S/C9H13N/c1-8(10(2)3)9-6-4-5-7-9/h4-7H,1-3H3. The Bertz CT molecular complexity index is 193. The van der Waals surface area contributed by atoms with Crippen molar-refractivity contribution in [3.8, 4) is 0 Å². The van der Waals surface area contributed by atoms with Gasteiger partial charge < -0.3 is 4.90 Å². The number of hydrogen-bond donors (Lipinski definition) is 0. The maximum absolute atomic E-state index is 2.12. The molecule has 10 heavy (non-hydrogen) atoms. The zero-order chi connectivity index (χ0) is 7.56. The molecule has 0 aromatic carbocycles. The van der Waals surface area contributed by atoms with E-state index in [1.54, 1.807) is 0 Å². The van der Waals surface area contributed by atoms with E-state index < -0.39 is 0 Å². The first-order valence-electron chi connectivity index (χ1n) is 3.45. The van der Waals surface area contributed by atoms with Gasteiger partial charge in [-0.3, -0.25) is 0 Å². The van der Waals surface area contributed by atoms with Crippen LogP contribution in [0.1, 0.15) is 6.92 Å². The molecule has 0 fully saturated rings. The van der Waals surface area contributed by atoms with Gasteiger partial charge in [0.1, 0.15) is 0 Å². The average Bonchev–Trinajstić information content (AvgIpc) is 2.36. The van der Waals surface area contributed by atoms with E-state index in [1.165, 1.54) is 11.3 Å². The van der Waals surface area contributed by atoms with E-state index in [-0.39, 0.29) is 0 Å². The summed E-state index contributed by atoms with van der Waals surface area (Å²) in [5.74, 6) is 0. The van der Waals surface area contributed by atoms with Crippen LogP contribution < -0.4 is 0 Å². The topological polar surface area (TPSA) is 3.24 Å². The number of allylic oxidation sites excluding steroid dienone is 6. The molecule has 0 heterocycles. The van der Waals surface area contributed by atoms with Crippen molar-refractivity contribution in [2.45, 2.75) is 6.92 Å². The van der Waals surface area contributed by atoms with Crippen LogP contribution in [0.15, 0.2) is 35.6 Å². The zero-order valence-corrected chi connectivity index (χ0v) is 6.76. The highest BCUT2D eigenvalue weighted by Gasteiger charge is 1.98. The monoisotopic (exact) mass is 135 g/mol. The molecule has 0 amide bonds. The molecule has 0 radical (unpaired) electrons. The van der Waals surface area contributed by atoms with Gasteiger partial charge in [-0.15, -0.1) is 0 Å². The minimum Gasteiger partial charge on any atom is -0.381 e. The highest BCUT2D eigenvalue weighted by molar-refractivity contribution is 5.42. The summed E-state index contributed by atoms with van der Waals surface area (Å²) < 4.78 is 0. The van der Waals surface area contributed by atoms with E-state index in [9.17, 15) is 0 Å². The predicted molar refractivity (Wildman–Crippen MR) is 44.7 cm³/mol. The van der Waals surface area contributed by atoms with Crippen LogP contribution in [0.5, 0.6) is 0 Å². The molecule has 0 N–H and O–H groups in total. The fourth-order valence-corrected chi connectivity index (χ4v) is 0.873. The van der Waals surface area contributed by atoms with Crippen LogP contribution in [-0.4, -0.2) is 19.0 Å². The van der Waals surface area contributed by atoms with E-state index >= 15 is 0 Å². The van der Waals surface area contributed by atoms with Crippen molar-refractivity contribution in [3.05, 3.63) is 35.6 Å². The van der Waals surface area contributed by atoms with Gasteiger partial charge in [0.05, 0.1) is 0 Å². The highest BCUT2D eigenvalue weighted by Crippen LogP contribution is 2.13. The summed E-state index contributed by atoms with van der Waals surface area (Å²) in [6, 6.07) is 0. The smallest absolute Gasteiger partial charge is 0.0169 e. The number of nitrogens with zero attached hydrogens (tertiary/aromatic N) is 1. The Labute approximate surface area is 62.3 Å². The Balaban J connectivity index is 2.85. The maximum atomic E-state index is 2.12. The first-order valence-corrected chi connectivity index (χ1v) is 3.45. The van der Waals surface area contributed by atoms with E-state index in [4.69, 9.17) is 0 Å². The lowest BCUT2D eigenvalue weighted by atomic mass is 10.2. The van der Waals surface area contributed by atoms with Crippen molar-refractivity contribution in [2.75, 3.05) is 14.1 Å². The van der Waals surface area contributed by atoms with Gasteiger partial charge in [0.15, 0.2) is 0 Å². The molecule has 1 rings (SSSR count). The third-order valence-corrected chi connectivity index (χ3v) is 1.75. The quantitative estimate of drug-likeness (QED) is 0.531. The minimum absolute atomic E-state index is 1.31. The zero-order valence-electron chi connectivity index (χ0n) is 6.76. The second kappa shape index (κ2) is 2.74. The van der Waals surface area contributed by atoms with Gasteiger partial charge in [-0.25, -0.2) is 0 Å². The van der Waals surface area contributed by atoms with Gasteiger partial charge in [0, 0.05) is 19.8 Å². The summed E-state index contributed by atoms with van der Waals surface area (Å²) in [5, 5.41) is 0. The predicted octanol–water partition coefficient (Wildman–Crippen LogP) is 1.95. The molecule has 54 valence electrons. The van der Waals surface area contributed by atoms with Gasteiger partial charge in [-0.05, 0) is 12.5 Å². The Hall–Kier alpha value is -0.980. The Morgan fingerprint density at radius 1 is 1.20 bits per heavy atom. The normalized spacial score (nSPS) is 14.5. The molecule has 1 aliphatic carbocycles. The van der Waals surface area contributed by atoms with Crippen LogP contribution in [0.2, 0.25) is 0 Å². The Kier molecular flexibility index (Phi) is 1.95. The molecule has 1 nitrogen and oxygen atoms in total. The summed E-state index contributed by atoms with van der Waals surface area (Å²) in [4.78, 5) is 2.12. The molecular formula is C9H13N. The Morgan fingerprint density at radius 2 is 1.70 bits per heavy atom. The van der Waals surface area contributed by atoms with Gasteiger partial charge in [0.25, 0.3) is 0 Å². The van der Waals surface area contributed by atoms with Gasteiger partial charge in [0.2, 0.25) is 0 Å². The maximum Gasteiger partial charge on any atom is 0.0169 e. The highest BCUT2D eigenvalue weighted by atomic mass is 15.1. The third kappa shape index (κ3) is 1.29. The molecule has 1 aliphatic rings. The molecular weight excluding hydrogens is 122 g/mol. The minimum atomic E-state index is 1.31. The Morgan fingerprint density at radius 3 is 2.10 bits per heavy atom. The number of hydrogen-bond acceptors (Lipinski definition) is 1. The molecule has 1 heteroatoms. The largest absolute Gasteiger partial charge is 0.381 e. The molecule has 0 aromatic heterocycles. The van der Waals surface area contributed by atoms with Crippen LogP contribution in [0.25, 0.3) is 0 Å². The van der Waals surface area contributed by atoms with Crippen LogP contribution in [-0.2, 0) is 0 Å². The van der Waals surface area contributed by atoms with Crippen molar-refractivity contribution in [1.82, 2.24) is 4.90 Å². The van der Waals surface area contributed by atoms with Crippen LogP contribution in [0.4, 0.5) is 0 Å². The van der Waals surface area contributed by atoms with Crippen molar-refractivity contribution in [1.29, 1.82) is 0 Å². The average molecular weight is 135 g/mol. The summed E-state index contributed by atoms with van der Waals surface area (Å²) in [7, 11) is 4.12. The van der Waals surface area contributed by atoms with Crippen molar-refractivity contribution in [2.24, 2.45) is 0 Å². The van der Waals surface area contributed by atoms with Crippen LogP contribution in [0, 0.1) is 0 Å². The first-order chi connectivity index (χ1) is 4.72. The molecule has 0 saturated heterocycles. The summed E-state index contributed by atoms with van der Waals surface area (Å²) in [6.45, 7) is 2.12. The van der Waals surface area contributed by atoms with Crippen molar-refractivity contribution < 1.29 is 0 Å². The summed E-state index contributed by atoms with van der Waals surface area (Å²) in [6.07, 6.45) is 8.36. The van der Waals surface area contributed by atoms with Crippen molar-refractivity contribution >= 4 is 0 Å². The van der Waals surface area contributed by atoms with Crippen molar-refractivity contribution in [3.63, 3.8) is 0 Å². The molecule has 0 aromatic rings. The van der Waals surface area contributed by atoms with E-state index in [2.05, 4.69) is 50.2 Å². The second-order valence-corrected chi connectivity index (χ2v) is 2.65. The van der Waals surface area contributed by atoms with Gasteiger partial charge >= 0.3 is 0 Å². The number of rotatable bonds is 1. The summed E-state index contributed by atoms with van der Waals surface area (Å²) >= 11 is 0. The molecule has 0 unspecified atom stereocenters. The lowest BCUT2D eigenvalue weighted by Gasteiger charge is -2.13. The SMILES string of the molecule is CC(=C1C=CC=C1)N(C)C. The van der Waals surface area contributed by atoms with Gasteiger partial charge in [-0.2, -0.15) is 0 Å². The van der Waals surface area contributed by atoms with E-state index in [1.807, 2.05) is 0 Å². The van der Waals surface area contributed by atoms with E-state index in [0.717, 1.165) is 0 Å². The van der Waals surface area contributed by atoms with Crippen LogP contribution >= 0.6 is 0 Å². The molecule has 0 saturated carbocycles. The first kappa shape index (κ1) is 7.13. The van der Waals surface area contributed by atoms with E-state index in [0.29, 0.717) is 0 Å². The molecule has 0 spiro atoms. The summed E-state index contributed by atoms with van der Waals surface area (Å²) in [5.41, 5.74) is 2.62. The molecule has 0 bridgehead atoms. The fraction of sp³-hybridized carbons (Fsp3) is 0.333. The fourth-order valence-electron chi connectivity index (χ4n) is 0.873. The van der Waals surface area contributed by atoms with Gasteiger partial charge in [-0.1, -0.05) is 24.3 Å². The van der Waals surface area contributed by atoms with Crippen LogP contribution in [0.3, 0.4) is 0 Å².